The van der Waals surface area contributed by atoms with Gasteiger partial charge in [-0.05, 0) is 30.3 Å². The predicted molar refractivity (Wildman–Crippen MR) is 102 cm³/mol. The molecule has 2 aromatic carbocycles. The molecular weight excluding hydrogens is 364 g/mol. The number of esters is 1. The lowest BCUT2D eigenvalue weighted by atomic mass is 10.2. The van der Waals surface area contributed by atoms with Crippen LogP contribution in [0.25, 0.3) is 0 Å². The number of para-hydroxylation sites is 1. The average Bonchev–Trinajstić information content (AvgIpc) is 3.03. The molecule has 0 aliphatic carbocycles. The van der Waals surface area contributed by atoms with Crippen molar-refractivity contribution in [2.24, 2.45) is 0 Å². The molecule has 0 saturated carbocycles. The maximum atomic E-state index is 12.5. The Hall–Kier alpha value is -3.24. The Morgan fingerprint density at radius 1 is 1.19 bits per heavy atom. The van der Waals surface area contributed by atoms with Gasteiger partial charge in [-0.2, -0.15) is 5.26 Å². The zero-order chi connectivity index (χ0) is 19.4. The number of Topliss-reactive ketones (excluding diaryl/α,β-unsaturated/α-hetero) is 1. The summed E-state index contributed by atoms with van der Waals surface area (Å²) in [6.07, 6.45) is 0. The molecule has 1 aliphatic rings. The minimum absolute atomic E-state index is 0.0304. The molecule has 1 heterocycles. The Bertz CT molecular complexity index is 978. The Morgan fingerprint density at radius 2 is 1.96 bits per heavy atom. The van der Waals surface area contributed by atoms with Crippen LogP contribution in [0.3, 0.4) is 0 Å². The summed E-state index contributed by atoms with van der Waals surface area (Å²) in [6, 6.07) is 16.0. The summed E-state index contributed by atoms with van der Waals surface area (Å²) in [6.45, 7) is -0.507. The van der Waals surface area contributed by atoms with Crippen molar-refractivity contribution in [3.63, 3.8) is 0 Å². The van der Waals surface area contributed by atoms with Crippen molar-refractivity contribution in [2.75, 3.05) is 25.7 Å². The average molecular weight is 380 g/mol. The van der Waals surface area contributed by atoms with Crippen molar-refractivity contribution in [1.82, 2.24) is 0 Å². The number of ether oxygens (including phenoxy) is 2. The van der Waals surface area contributed by atoms with Crippen LogP contribution in [0, 0.1) is 11.3 Å². The number of anilines is 1. The first kappa shape index (κ1) is 18.5. The summed E-state index contributed by atoms with van der Waals surface area (Å²) in [7, 11) is 3.29. The van der Waals surface area contributed by atoms with Gasteiger partial charge in [0.15, 0.2) is 6.61 Å². The molecule has 0 radical (unpaired) electrons. The molecule has 0 spiro atoms. The van der Waals surface area contributed by atoms with Crippen LogP contribution in [0.15, 0.2) is 64.0 Å². The van der Waals surface area contributed by atoms with Crippen LogP contribution in [0.1, 0.15) is 10.4 Å². The van der Waals surface area contributed by atoms with Gasteiger partial charge in [0.25, 0.3) is 0 Å². The fourth-order valence-electron chi connectivity index (χ4n) is 2.59. The fourth-order valence-corrected chi connectivity index (χ4v) is 3.75. The largest absolute Gasteiger partial charge is 0.497 e. The van der Waals surface area contributed by atoms with Crippen LogP contribution in [-0.2, 0) is 9.53 Å². The van der Waals surface area contributed by atoms with Gasteiger partial charge in [0.1, 0.15) is 22.4 Å². The maximum absolute atomic E-state index is 12.5. The molecular formula is C20H16N2O4S. The highest BCUT2D eigenvalue weighted by molar-refractivity contribution is 8.03. The molecule has 6 nitrogen and oxygen atoms in total. The van der Waals surface area contributed by atoms with Crippen molar-refractivity contribution in [3.8, 4) is 11.8 Å². The number of fused-ring (bicyclic) bond motifs is 1. The summed E-state index contributed by atoms with van der Waals surface area (Å²) in [5.41, 5.74) is 1.16. The van der Waals surface area contributed by atoms with Gasteiger partial charge in [0.05, 0.1) is 18.4 Å². The molecule has 27 heavy (non-hydrogen) atoms. The molecule has 3 rings (SSSR count). The lowest BCUT2D eigenvalue weighted by Crippen LogP contribution is -2.20. The molecule has 0 aromatic heterocycles. The van der Waals surface area contributed by atoms with Crippen LogP contribution in [-0.4, -0.2) is 32.5 Å². The third-order valence-corrected chi connectivity index (χ3v) is 5.22. The Balaban J connectivity index is 1.73. The van der Waals surface area contributed by atoms with E-state index in [1.807, 2.05) is 30.3 Å². The predicted octanol–water partition coefficient (Wildman–Crippen LogP) is 3.40. The summed E-state index contributed by atoms with van der Waals surface area (Å²) in [5.74, 6) is -0.687. The van der Waals surface area contributed by atoms with Crippen LogP contribution < -0.4 is 9.64 Å². The SMILES string of the molecule is COc1cccc(C(=O)OCC(=O)/C(C#N)=C2\Sc3ccccc3N2C)c1. The van der Waals surface area contributed by atoms with E-state index >= 15 is 0 Å². The van der Waals surface area contributed by atoms with E-state index in [4.69, 9.17) is 9.47 Å². The fraction of sp³-hybridized carbons (Fsp3) is 0.150. The Labute approximate surface area is 161 Å². The van der Waals surface area contributed by atoms with E-state index in [1.54, 1.807) is 30.1 Å². The number of methoxy groups -OCH3 is 1. The molecule has 0 saturated heterocycles. The van der Waals surface area contributed by atoms with Gasteiger partial charge in [-0.1, -0.05) is 30.0 Å². The Kier molecular flexibility index (Phi) is 5.48. The minimum atomic E-state index is -0.653. The zero-order valence-corrected chi connectivity index (χ0v) is 15.6. The molecule has 0 bridgehead atoms. The molecule has 0 amide bonds. The number of nitriles is 1. The van der Waals surface area contributed by atoms with E-state index in [0.717, 1.165) is 10.6 Å². The van der Waals surface area contributed by atoms with Crippen molar-refractivity contribution in [2.45, 2.75) is 4.90 Å². The van der Waals surface area contributed by atoms with Crippen LogP contribution in [0.5, 0.6) is 5.75 Å². The molecule has 1 aliphatic heterocycles. The second-order valence-corrected chi connectivity index (χ2v) is 6.68. The molecule has 2 aromatic rings. The summed E-state index contributed by atoms with van der Waals surface area (Å²) in [5, 5.41) is 10.0. The van der Waals surface area contributed by atoms with Gasteiger partial charge >= 0.3 is 5.97 Å². The maximum Gasteiger partial charge on any atom is 0.338 e. The zero-order valence-electron chi connectivity index (χ0n) is 14.8. The topological polar surface area (TPSA) is 79.6 Å². The molecule has 0 unspecified atom stereocenters. The van der Waals surface area contributed by atoms with E-state index < -0.39 is 18.4 Å². The van der Waals surface area contributed by atoms with Gasteiger partial charge in [-0.15, -0.1) is 0 Å². The van der Waals surface area contributed by atoms with Crippen molar-refractivity contribution in [1.29, 1.82) is 5.26 Å². The third-order valence-electron chi connectivity index (χ3n) is 3.98. The lowest BCUT2D eigenvalue weighted by molar-refractivity contribution is -0.118. The number of carbonyl (C=O) groups is 2. The van der Waals surface area contributed by atoms with Gasteiger partial charge in [-0.3, -0.25) is 4.79 Å². The summed E-state index contributed by atoms with van der Waals surface area (Å²) >= 11 is 1.35. The van der Waals surface area contributed by atoms with Crippen molar-refractivity contribution in [3.05, 3.63) is 64.7 Å². The number of hydrogen-bond acceptors (Lipinski definition) is 7. The van der Waals surface area contributed by atoms with E-state index in [1.165, 1.54) is 24.9 Å². The first-order valence-corrected chi connectivity index (χ1v) is 8.86. The van der Waals surface area contributed by atoms with Crippen molar-refractivity contribution < 1.29 is 19.1 Å². The van der Waals surface area contributed by atoms with Crippen LogP contribution in [0.4, 0.5) is 5.69 Å². The third kappa shape index (κ3) is 3.81. The first-order valence-electron chi connectivity index (χ1n) is 8.04. The smallest absolute Gasteiger partial charge is 0.338 e. The number of nitrogens with zero attached hydrogens (tertiary/aromatic N) is 2. The van der Waals surface area contributed by atoms with Gasteiger partial charge < -0.3 is 14.4 Å². The summed E-state index contributed by atoms with van der Waals surface area (Å²) in [4.78, 5) is 27.4. The second kappa shape index (κ2) is 7.98. The lowest BCUT2D eigenvalue weighted by Gasteiger charge is -2.14. The normalized spacial score (nSPS) is 14.2. The molecule has 7 heteroatoms. The standard InChI is InChI=1S/C20H16N2O4S/c1-22-16-8-3-4-9-18(16)27-19(22)15(11-21)17(23)12-26-20(24)13-6-5-7-14(10-13)25-2/h3-10H,12H2,1-2H3/b19-15-. The molecule has 0 fully saturated rings. The second-order valence-electron chi connectivity index (χ2n) is 5.65. The van der Waals surface area contributed by atoms with Gasteiger partial charge in [0.2, 0.25) is 5.78 Å². The number of hydrogen-bond donors (Lipinski definition) is 0. The van der Waals surface area contributed by atoms with E-state index in [0.29, 0.717) is 10.8 Å². The highest BCUT2D eigenvalue weighted by Crippen LogP contribution is 2.46. The summed E-state index contributed by atoms with van der Waals surface area (Å²) < 4.78 is 10.1. The van der Waals surface area contributed by atoms with E-state index in [2.05, 4.69) is 0 Å². The van der Waals surface area contributed by atoms with Crippen molar-refractivity contribution >= 4 is 29.2 Å². The number of thioether (sulfide) groups is 1. The van der Waals surface area contributed by atoms with Crippen LogP contribution in [0.2, 0.25) is 0 Å². The van der Waals surface area contributed by atoms with Crippen LogP contribution >= 0.6 is 11.8 Å². The number of rotatable bonds is 5. The van der Waals surface area contributed by atoms with Gasteiger partial charge in [0, 0.05) is 11.9 Å². The minimum Gasteiger partial charge on any atom is -0.497 e. The van der Waals surface area contributed by atoms with Gasteiger partial charge in [-0.25, -0.2) is 4.79 Å². The quantitative estimate of drug-likeness (QED) is 0.447. The first-order chi connectivity index (χ1) is 13.0. The van der Waals surface area contributed by atoms with E-state index in [-0.39, 0.29) is 11.1 Å². The molecule has 136 valence electrons. The van der Waals surface area contributed by atoms with E-state index in [9.17, 15) is 14.9 Å². The molecule has 0 N–H and O–H groups in total. The number of ketones is 1. The highest BCUT2D eigenvalue weighted by atomic mass is 32.2. The highest BCUT2D eigenvalue weighted by Gasteiger charge is 2.28. The molecule has 0 atom stereocenters. The number of carbonyl (C=O) groups excluding carboxylic acids is 2. The Morgan fingerprint density at radius 3 is 2.67 bits per heavy atom. The number of benzene rings is 2. The monoisotopic (exact) mass is 380 g/mol.